The van der Waals surface area contributed by atoms with Gasteiger partial charge in [0, 0.05) is 31.3 Å². The van der Waals surface area contributed by atoms with E-state index in [2.05, 4.69) is 25.6 Å². The Morgan fingerprint density at radius 2 is 1.88 bits per heavy atom. The maximum atomic E-state index is 12.3. The number of methoxy groups -OCH3 is 1. The molecule has 1 amide bonds. The first kappa shape index (κ1) is 16.4. The van der Waals surface area contributed by atoms with Gasteiger partial charge < -0.3 is 15.4 Å². The Balaban J connectivity index is 1.62. The van der Waals surface area contributed by atoms with Crippen LogP contribution in [0.5, 0.6) is 5.75 Å². The molecule has 0 bridgehead atoms. The van der Waals surface area contributed by atoms with Crippen LogP contribution in [0.1, 0.15) is 15.9 Å². The van der Waals surface area contributed by atoms with Crippen molar-refractivity contribution >= 4 is 17.5 Å². The highest BCUT2D eigenvalue weighted by atomic mass is 16.5. The Hall–Kier alpha value is -3.48. The molecule has 3 aromatic rings. The van der Waals surface area contributed by atoms with Crippen molar-refractivity contribution in [2.45, 2.75) is 6.54 Å². The van der Waals surface area contributed by atoms with Crippen LogP contribution in [0.2, 0.25) is 0 Å². The number of aromatic nitrogens is 3. The SMILES string of the molecule is COc1ccccc1NC(=O)c1cnc(NCc2cccnc2)nc1. The molecule has 3 rings (SSSR count). The second-order valence-corrected chi connectivity index (χ2v) is 5.16. The van der Waals surface area contributed by atoms with E-state index in [4.69, 9.17) is 4.74 Å². The normalized spacial score (nSPS) is 10.1. The lowest BCUT2D eigenvalue weighted by Gasteiger charge is -2.10. The number of ether oxygens (including phenoxy) is 1. The summed E-state index contributed by atoms with van der Waals surface area (Å²) >= 11 is 0. The molecule has 0 radical (unpaired) electrons. The van der Waals surface area contributed by atoms with Crippen LogP contribution in [-0.4, -0.2) is 28.0 Å². The number of para-hydroxylation sites is 2. The van der Waals surface area contributed by atoms with E-state index < -0.39 is 0 Å². The lowest BCUT2D eigenvalue weighted by molar-refractivity contribution is 0.102. The van der Waals surface area contributed by atoms with Crippen molar-refractivity contribution in [3.8, 4) is 5.75 Å². The zero-order chi connectivity index (χ0) is 17.5. The molecule has 1 aromatic carbocycles. The summed E-state index contributed by atoms with van der Waals surface area (Å²) in [6.45, 7) is 0.556. The van der Waals surface area contributed by atoms with Crippen molar-refractivity contribution < 1.29 is 9.53 Å². The zero-order valence-corrected chi connectivity index (χ0v) is 13.6. The monoisotopic (exact) mass is 335 g/mol. The van der Waals surface area contributed by atoms with Gasteiger partial charge in [0.05, 0.1) is 18.4 Å². The van der Waals surface area contributed by atoms with E-state index in [1.54, 1.807) is 31.6 Å². The van der Waals surface area contributed by atoms with E-state index in [0.29, 0.717) is 29.5 Å². The van der Waals surface area contributed by atoms with Crippen LogP contribution in [0.25, 0.3) is 0 Å². The largest absolute Gasteiger partial charge is 0.495 e. The Morgan fingerprint density at radius 3 is 2.60 bits per heavy atom. The second kappa shape index (κ2) is 7.87. The standard InChI is InChI=1S/C18H17N5O2/c1-25-16-7-3-2-6-15(16)23-17(24)14-11-21-18(22-12-14)20-10-13-5-4-8-19-9-13/h2-9,11-12H,10H2,1H3,(H,23,24)(H,20,21,22). The highest BCUT2D eigenvalue weighted by Crippen LogP contribution is 2.23. The number of rotatable bonds is 6. The van der Waals surface area contributed by atoms with Crippen LogP contribution >= 0.6 is 0 Å². The molecule has 0 saturated heterocycles. The van der Waals surface area contributed by atoms with Gasteiger partial charge in [0.25, 0.3) is 5.91 Å². The quantitative estimate of drug-likeness (QED) is 0.720. The molecular weight excluding hydrogens is 318 g/mol. The van der Waals surface area contributed by atoms with Gasteiger partial charge in [0.2, 0.25) is 5.95 Å². The number of anilines is 2. The lowest BCUT2D eigenvalue weighted by atomic mass is 10.2. The molecule has 0 atom stereocenters. The molecule has 7 nitrogen and oxygen atoms in total. The van der Waals surface area contributed by atoms with Crippen LogP contribution in [0.4, 0.5) is 11.6 Å². The minimum absolute atomic E-state index is 0.302. The fraction of sp³-hybridized carbons (Fsp3) is 0.111. The number of nitrogens with zero attached hydrogens (tertiary/aromatic N) is 3. The molecular formula is C18H17N5O2. The van der Waals surface area contributed by atoms with Gasteiger partial charge in [-0.3, -0.25) is 9.78 Å². The van der Waals surface area contributed by atoms with Crippen molar-refractivity contribution in [2.75, 3.05) is 17.7 Å². The number of carbonyl (C=O) groups is 1. The third kappa shape index (κ3) is 4.29. The predicted molar refractivity (Wildman–Crippen MR) is 94.5 cm³/mol. The molecule has 0 unspecified atom stereocenters. The topological polar surface area (TPSA) is 89.0 Å². The summed E-state index contributed by atoms with van der Waals surface area (Å²) in [7, 11) is 1.55. The van der Waals surface area contributed by atoms with Gasteiger partial charge >= 0.3 is 0 Å². The number of hydrogen-bond acceptors (Lipinski definition) is 6. The van der Waals surface area contributed by atoms with Crippen molar-refractivity contribution in [3.05, 3.63) is 72.3 Å². The third-order valence-corrected chi connectivity index (χ3v) is 3.44. The van der Waals surface area contributed by atoms with E-state index in [-0.39, 0.29) is 5.91 Å². The van der Waals surface area contributed by atoms with Gasteiger partial charge in [-0.1, -0.05) is 18.2 Å². The average molecular weight is 335 g/mol. The van der Waals surface area contributed by atoms with E-state index in [1.807, 2.05) is 24.3 Å². The Bertz CT molecular complexity index is 838. The lowest BCUT2D eigenvalue weighted by Crippen LogP contribution is -2.14. The van der Waals surface area contributed by atoms with Crippen LogP contribution in [0, 0.1) is 0 Å². The molecule has 7 heteroatoms. The molecule has 0 aliphatic heterocycles. The minimum Gasteiger partial charge on any atom is -0.495 e. The van der Waals surface area contributed by atoms with Crippen molar-refractivity contribution in [3.63, 3.8) is 0 Å². The molecule has 0 aliphatic rings. The molecule has 2 N–H and O–H groups in total. The second-order valence-electron chi connectivity index (χ2n) is 5.16. The van der Waals surface area contributed by atoms with Gasteiger partial charge in [0.15, 0.2) is 0 Å². The maximum Gasteiger partial charge on any atom is 0.258 e. The molecule has 0 spiro atoms. The third-order valence-electron chi connectivity index (χ3n) is 3.44. The molecule has 2 aromatic heterocycles. The summed E-state index contributed by atoms with van der Waals surface area (Å²) in [5.41, 5.74) is 1.97. The van der Waals surface area contributed by atoms with Crippen LogP contribution in [0.15, 0.2) is 61.2 Å². The van der Waals surface area contributed by atoms with Crippen molar-refractivity contribution in [2.24, 2.45) is 0 Å². The maximum absolute atomic E-state index is 12.3. The van der Waals surface area contributed by atoms with Crippen LogP contribution in [-0.2, 0) is 6.54 Å². The van der Waals surface area contributed by atoms with E-state index >= 15 is 0 Å². The number of nitrogens with one attached hydrogen (secondary N) is 2. The van der Waals surface area contributed by atoms with E-state index in [0.717, 1.165) is 5.56 Å². The number of amides is 1. The number of pyridine rings is 1. The first-order valence-electron chi connectivity index (χ1n) is 7.65. The summed E-state index contributed by atoms with van der Waals surface area (Å²) < 4.78 is 5.21. The van der Waals surface area contributed by atoms with Gasteiger partial charge in [-0.05, 0) is 23.8 Å². The fourth-order valence-electron chi connectivity index (χ4n) is 2.16. The summed E-state index contributed by atoms with van der Waals surface area (Å²) in [6.07, 6.45) is 6.43. The molecule has 2 heterocycles. The van der Waals surface area contributed by atoms with Crippen molar-refractivity contribution in [1.29, 1.82) is 0 Å². The number of benzene rings is 1. The minimum atomic E-state index is -0.302. The average Bonchev–Trinajstić information content (AvgIpc) is 2.68. The first-order valence-corrected chi connectivity index (χ1v) is 7.65. The molecule has 25 heavy (non-hydrogen) atoms. The fourth-order valence-corrected chi connectivity index (χ4v) is 2.16. The zero-order valence-electron chi connectivity index (χ0n) is 13.6. The number of hydrogen-bond donors (Lipinski definition) is 2. The smallest absolute Gasteiger partial charge is 0.258 e. The highest BCUT2D eigenvalue weighted by Gasteiger charge is 2.10. The molecule has 0 fully saturated rings. The Morgan fingerprint density at radius 1 is 1.08 bits per heavy atom. The van der Waals surface area contributed by atoms with Crippen LogP contribution in [0.3, 0.4) is 0 Å². The van der Waals surface area contributed by atoms with Gasteiger partial charge in [-0.25, -0.2) is 9.97 Å². The number of carbonyl (C=O) groups excluding carboxylic acids is 1. The Labute approximate surface area is 145 Å². The summed E-state index contributed by atoms with van der Waals surface area (Å²) in [5, 5.41) is 5.86. The molecule has 126 valence electrons. The van der Waals surface area contributed by atoms with Crippen LogP contribution < -0.4 is 15.4 Å². The molecule has 0 saturated carbocycles. The van der Waals surface area contributed by atoms with Gasteiger partial charge in [-0.15, -0.1) is 0 Å². The van der Waals surface area contributed by atoms with Gasteiger partial charge in [-0.2, -0.15) is 0 Å². The van der Waals surface area contributed by atoms with Crippen molar-refractivity contribution in [1.82, 2.24) is 15.0 Å². The highest BCUT2D eigenvalue weighted by molar-refractivity contribution is 6.04. The Kier molecular flexibility index (Phi) is 5.16. The molecule has 0 aliphatic carbocycles. The predicted octanol–water partition coefficient (Wildman–Crippen LogP) is 2.74. The summed E-state index contributed by atoms with van der Waals surface area (Å²) in [6, 6.07) is 11.0. The van der Waals surface area contributed by atoms with Gasteiger partial charge in [0.1, 0.15) is 5.75 Å². The van der Waals surface area contributed by atoms with E-state index in [9.17, 15) is 4.79 Å². The van der Waals surface area contributed by atoms with E-state index in [1.165, 1.54) is 12.4 Å². The first-order chi connectivity index (χ1) is 12.3. The summed E-state index contributed by atoms with van der Waals surface area (Å²) in [4.78, 5) is 24.7. The summed E-state index contributed by atoms with van der Waals surface area (Å²) in [5.74, 6) is 0.729.